The minimum absolute atomic E-state index is 0.0950. The van der Waals surface area contributed by atoms with E-state index < -0.39 is 0 Å². The first kappa shape index (κ1) is 18.9. The van der Waals surface area contributed by atoms with Crippen LogP contribution in [-0.2, 0) is 5.41 Å². The second-order valence-corrected chi connectivity index (χ2v) is 7.56. The maximum absolute atomic E-state index is 3.46. The fourth-order valence-electron chi connectivity index (χ4n) is 3.78. The van der Waals surface area contributed by atoms with Gasteiger partial charge in [0.25, 0.3) is 0 Å². The molecule has 0 fully saturated rings. The summed E-state index contributed by atoms with van der Waals surface area (Å²) in [5, 5.41) is 0. The Kier molecular flexibility index (Phi) is 5.46. The second kappa shape index (κ2) is 7.80. The van der Waals surface area contributed by atoms with Crippen LogP contribution in [0.25, 0.3) is 22.3 Å². The molecule has 0 unspecified atom stereocenters. The van der Waals surface area contributed by atoms with Crippen LogP contribution in [0.4, 0.5) is 0 Å². The third-order valence-corrected chi connectivity index (χ3v) is 5.30. The van der Waals surface area contributed by atoms with E-state index in [9.17, 15) is 0 Å². The molecule has 3 aromatic carbocycles. The molecular formula is C27H28. The quantitative estimate of drug-likeness (QED) is 0.414. The van der Waals surface area contributed by atoms with Gasteiger partial charge >= 0.3 is 0 Å². The lowest BCUT2D eigenvalue weighted by Gasteiger charge is -2.21. The molecular weight excluding hydrogens is 324 g/mol. The molecule has 1 aliphatic carbocycles. The highest BCUT2D eigenvalue weighted by molar-refractivity contribution is 5.84. The van der Waals surface area contributed by atoms with Gasteiger partial charge in [-0.25, -0.2) is 0 Å². The fourth-order valence-corrected chi connectivity index (χ4v) is 3.78. The van der Waals surface area contributed by atoms with Crippen LogP contribution in [0.1, 0.15) is 37.5 Å². The van der Waals surface area contributed by atoms with E-state index in [1.54, 1.807) is 6.08 Å². The van der Waals surface area contributed by atoms with Gasteiger partial charge in [-0.2, -0.15) is 0 Å². The van der Waals surface area contributed by atoms with Crippen molar-refractivity contribution in [3.05, 3.63) is 108 Å². The van der Waals surface area contributed by atoms with E-state index in [4.69, 9.17) is 0 Å². The van der Waals surface area contributed by atoms with Crippen LogP contribution < -0.4 is 0 Å². The predicted molar refractivity (Wildman–Crippen MR) is 119 cm³/mol. The maximum atomic E-state index is 3.46. The van der Waals surface area contributed by atoms with Crippen molar-refractivity contribution < 1.29 is 0 Å². The third kappa shape index (κ3) is 3.66. The van der Waals surface area contributed by atoms with Crippen LogP contribution in [0.3, 0.4) is 0 Å². The highest BCUT2D eigenvalue weighted by atomic mass is 14.4. The summed E-state index contributed by atoms with van der Waals surface area (Å²) in [4.78, 5) is 0. The van der Waals surface area contributed by atoms with Gasteiger partial charge in [-0.1, -0.05) is 105 Å². The average Bonchev–Trinajstić information content (AvgIpc) is 2.91. The Morgan fingerprint density at radius 3 is 2.04 bits per heavy atom. The summed E-state index contributed by atoms with van der Waals surface area (Å²) in [6.45, 7) is 12.2. The highest BCUT2D eigenvalue weighted by Gasteiger charge is 2.34. The molecule has 0 N–H and O–H groups in total. The van der Waals surface area contributed by atoms with Gasteiger partial charge in [-0.3, -0.25) is 0 Å². The van der Waals surface area contributed by atoms with Crippen LogP contribution in [0, 0.1) is 6.92 Å². The molecule has 4 rings (SSSR count). The SMILES string of the molecule is C=C/C=C\C.Cc1ccc(-c2ccc3c(c2)-c2ccccc2C3(C)C)cc1. The summed E-state index contributed by atoms with van der Waals surface area (Å²) in [6, 6.07) is 24.5. The molecule has 3 aromatic rings. The number of aryl methyl sites for hydroxylation is 1. The molecule has 27 heavy (non-hydrogen) atoms. The summed E-state index contributed by atoms with van der Waals surface area (Å²) in [7, 11) is 0. The Hall–Kier alpha value is -2.86. The first-order valence-corrected chi connectivity index (χ1v) is 9.54. The van der Waals surface area contributed by atoms with Gasteiger partial charge in [0.2, 0.25) is 0 Å². The molecule has 0 radical (unpaired) electrons. The maximum Gasteiger partial charge on any atom is 0.0158 e. The topological polar surface area (TPSA) is 0 Å². The number of hydrogen-bond donors (Lipinski definition) is 0. The van der Waals surface area contributed by atoms with Gasteiger partial charge in [0.05, 0.1) is 0 Å². The smallest absolute Gasteiger partial charge is 0.0158 e. The number of allylic oxidation sites excluding steroid dienone is 3. The first-order chi connectivity index (χ1) is 13.0. The molecule has 0 heteroatoms. The number of fused-ring (bicyclic) bond motifs is 3. The Labute approximate surface area is 163 Å². The van der Waals surface area contributed by atoms with Crippen molar-refractivity contribution in [3.8, 4) is 22.3 Å². The summed E-state index contributed by atoms with van der Waals surface area (Å²) in [6.07, 6.45) is 5.58. The molecule has 0 bridgehead atoms. The van der Waals surface area contributed by atoms with Crippen LogP contribution >= 0.6 is 0 Å². The number of hydrogen-bond acceptors (Lipinski definition) is 0. The molecule has 0 atom stereocenters. The second-order valence-electron chi connectivity index (χ2n) is 7.56. The minimum atomic E-state index is 0.0950. The van der Waals surface area contributed by atoms with E-state index in [1.165, 1.54) is 38.9 Å². The van der Waals surface area contributed by atoms with Crippen molar-refractivity contribution in [2.75, 3.05) is 0 Å². The molecule has 136 valence electrons. The van der Waals surface area contributed by atoms with Crippen LogP contribution in [-0.4, -0.2) is 0 Å². The third-order valence-electron chi connectivity index (χ3n) is 5.30. The Balaban J connectivity index is 0.000000376. The molecule has 0 saturated heterocycles. The molecule has 0 heterocycles. The van der Waals surface area contributed by atoms with E-state index in [0.717, 1.165) is 0 Å². The van der Waals surface area contributed by atoms with Gasteiger partial charge in [0, 0.05) is 5.41 Å². The molecule has 0 saturated carbocycles. The molecule has 0 nitrogen and oxygen atoms in total. The zero-order chi connectivity index (χ0) is 19.4. The molecule has 0 aromatic heterocycles. The van der Waals surface area contributed by atoms with Crippen LogP contribution in [0.5, 0.6) is 0 Å². The van der Waals surface area contributed by atoms with E-state index in [2.05, 4.69) is 94.1 Å². The lowest BCUT2D eigenvalue weighted by molar-refractivity contribution is 0.660. The molecule has 1 aliphatic rings. The largest absolute Gasteiger partial charge is 0.0991 e. The van der Waals surface area contributed by atoms with E-state index >= 15 is 0 Å². The average molecular weight is 353 g/mol. The minimum Gasteiger partial charge on any atom is -0.0991 e. The van der Waals surface area contributed by atoms with Gasteiger partial charge in [-0.05, 0) is 53.3 Å². The van der Waals surface area contributed by atoms with Crippen molar-refractivity contribution in [3.63, 3.8) is 0 Å². The fraction of sp³-hybridized carbons (Fsp3) is 0.185. The van der Waals surface area contributed by atoms with Crippen molar-refractivity contribution in [2.24, 2.45) is 0 Å². The van der Waals surface area contributed by atoms with Gasteiger partial charge in [0.1, 0.15) is 0 Å². The lowest BCUT2D eigenvalue weighted by atomic mass is 9.82. The van der Waals surface area contributed by atoms with Crippen LogP contribution in [0.15, 0.2) is 91.5 Å². The standard InChI is InChI=1S/C22H20.C5H8/c1-15-8-10-16(11-9-15)17-12-13-21-19(14-17)18-6-4-5-7-20(18)22(21,2)3;1-3-5-4-2/h4-14H,1-3H3;3-5H,1H2,2H3/b;5-4-. The summed E-state index contributed by atoms with van der Waals surface area (Å²) < 4.78 is 0. The number of benzene rings is 3. The first-order valence-electron chi connectivity index (χ1n) is 9.54. The van der Waals surface area contributed by atoms with Crippen molar-refractivity contribution in [1.82, 2.24) is 0 Å². The van der Waals surface area contributed by atoms with E-state index in [1.807, 2.05) is 19.1 Å². The Bertz CT molecular complexity index is 969. The van der Waals surface area contributed by atoms with Gasteiger partial charge in [0.15, 0.2) is 0 Å². The zero-order valence-electron chi connectivity index (χ0n) is 16.8. The number of rotatable bonds is 2. The summed E-state index contributed by atoms with van der Waals surface area (Å²) >= 11 is 0. The molecule has 0 aliphatic heterocycles. The van der Waals surface area contributed by atoms with E-state index in [-0.39, 0.29) is 5.41 Å². The molecule has 0 spiro atoms. The van der Waals surface area contributed by atoms with Crippen molar-refractivity contribution >= 4 is 0 Å². The van der Waals surface area contributed by atoms with Gasteiger partial charge in [-0.15, -0.1) is 0 Å². The van der Waals surface area contributed by atoms with Crippen molar-refractivity contribution in [2.45, 2.75) is 33.1 Å². The van der Waals surface area contributed by atoms with Gasteiger partial charge < -0.3 is 0 Å². The van der Waals surface area contributed by atoms with E-state index in [0.29, 0.717) is 0 Å². The predicted octanol–water partition coefficient (Wildman–Crippen LogP) is 7.72. The van der Waals surface area contributed by atoms with Crippen LogP contribution in [0.2, 0.25) is 0 Å². The normalized spacial score (nSPS) is 13.5. The lowest BCUT2D eigenvalue weighted by Crippen LogP contribution is -2.14. The van der Waals surface area contributed by atoms with Crippen molar-refractivity contribution in [1.29, 1.82) is 0 Å². The molecule has 0 amide bonds. The summed E-state index contributed by atoms with van der Waals surface area (Å²) in [5.74, 6) is 0. The highest BCUT2D eigenvalue weighted by Crippen LogP contribution is 2.49. The summed E-state index contributed by atoms with van der Waals surface area (Å²) in [5.41, 5.74) is 9.63. The Morgan fingerprint density at radius 2 is 1.41 bits per heavy atom. The monoisotopic (exact) mass is 352 g/mol. The zero-order valence-corrected chi connectivity index (χ0v) is 16.8. The Morgan fingerprint density at radius 1 is 0.778 bits per heavy atom.